The van der Waals surface area contributed by atoms with Crippen molar-refractivity contribution in [3.8, 4) is 0 Å². The fourth-order valence-corrected chi connectivity index (χ4v) is 3.11. The van der Waals surface area contributed by atoms with Crippen LogP contribution in [0.25, 0.3) is 0 Å². The zero-order valence-corrected chi connectivity index (χ0v) is 15.5. The predicted octanol–water partition coefficient (Wildman–Crippen LogP) is 3.25. The highest BCUT2D eigenvalue weighted by Crippen LogP contribution is 2.31. The fourth-order valence-electron chi connectivity index (χ4n) is 3.11. The Bertz CT molecular complexity index is 835. The third-order valence-electron chi connectivity index (χ3n) is 4.44. The van der Waals surface area contributed by atoms with Crippen LogP contribution < -0.4 is 15.5 Å². The van der Waals surface area contributed by atoms with Crippen LogP contribution in [0, 0.1) is 6.92 Å². The van der Waals surface area contributed by atoms with Gasteiger partial charge >= 0.3 is 6.18 Å². The van der Waals surface area contributed by atoms with Crippen molar-refractivity contribution in [3.05, 3.63) is 47.2 Å². The summed E-state index contributed by atoms with van der Waals surface area (Å²) in [6.45, 7) is 4.24. The van der Waals surface area contributed by atoms with Crippen molar-refractivity contribution in [1.82, 2.24) is 15.3 Å². The van der Waals surface area contributed by atoms with Crippen molar-refractivity contribution in [2.24, 2.45) is 0 Å². The number of amides is 1. The molecule has 1 amide bonds. The molecule has 1 fully saturated rings. The molecular formula is C19H22F3N5O. The maximum Gasteiger partial charge on any atom is 0.417 e. The lowest BCUT2D eigenvalue weighted by Crippen LogP contribution is -2.30. The number of hydrogen-bond acceptors (Lipinski definition) is 5. The summed E-state index contributed by atoms with van der Waals surface area (Å²) in [6.07, 6.45) is -2.30. The van der Waals surface area contributed by atoms with Gasteiger partial charge in [0.1, 0.15) is 5.82 Å². The Labute approximate surface area is 161 Å². The Kier molecular flexibility index (Phi) is 6.01. The van der Waals surface area contributed by atoms with Gasteiger partial charge < -0.3 is 15.5 Å². The number of nitrogens with zero attached hydrogens (tertiary/aromatic N) is 3. The van der Waals surface area contributed by atoms with Crippen LogP contribution in [0.3, 0.4) is 0 Å². The number of aryl methyl sites for hydroxylation is 1. The first-order valence-corrected chi connectivity index (χ1v) is 9.13. The average molecular weight is 393 g/mol. The molecule has 6 nitrogen and oxygen atoms in total. The summed E-state index contributed by atoms with van der Waals surface area (Å²) < 4.78 is 39.0. The quantitative estimate of drug-likeness (QED) is 0.738. The Morgan fingerprint density at radius 1 is 1.14 bits per heavy atom. The van der Waals surface area contributed by atoms with Gasteiger partial charge in [-0.1, -0.05) is 12.1 Å². The minimum atomic E-state index is -4.58. The van der Waals surface area contributed by atoms with E-state index in [1.165, 1.54) is 12.1 Å². The molecule has 0 spiro atoms. The summed E-state index contributed by atoms with van der Waals surface area (Å²) in [5, 5.41) is 5.51. The topological polar surface area (TPSA) is 70.2 Å². The summed E-state index contributed by atoms with van der Waals surface area (Å²) in [7, 11) is 0. The standard InChI is InChI=1S/C19H22F3N5O/c1-13-12-16(27-10-4-5-11-27)26-18(25-13)24-9-8-23-17(28)14-6-2-3-7-15(14)19(20,21)22/h2-3,6-7,12H,4-5,8-11H2,1H3,(H,23,28)(H,24,25,26). The van der Waals surface area contributed by atoms with Crippen molar-refractivity contribution >= 4 is 17.7 Å². The first-order valence-electron chi connectivity index (χ1n) is 9.13. The van der Waals surface area contributed by atoms with E-state index in [4.69, 9.17) is 0 Å². The number of rotatable bonds is 6. The van der Waals surface area contributed by atoms with Crippen LogP contribution in [-0.4, -0.2) is 42.1 Å². The number of alkyl halides is 3. The molecule has 0 bridgehead atoms. The number of aromatic nitrogens is 2. The highest BCUT2D eigenvalue weighted by Gasteiger charge is 2.34. The molecule has 1 aromatic carbocycles. The Morgan fingerprint density at radius 2 is 1.86 bits per heavy atom. The van der Waals surface area contributed by atoms with Gasteiger partial charge in [-0.3, -0.25) is 4.79 Å². The normalized spacial score (nSPS) is 14.2. The van der Waals surface area contributed by atoms with E-state index in [1.807, 2.05) is 13.0 Å². The average Bonchev–Trinajstić information content (AvgIpc) is 3.19. The van der Waals surface area contributed by atoms with E-state index in [0.717, 1.165) is 49.6 Å². The largest absolute Gasteiger partial charge is 0.417 e. The van der Waals surface area contributed by atoms with Gasteiger partial charge in [0.05, 0.1) is 11.1 Å². The van der Waals surface area contributed by atoms with E-state index in [-0.39, 0.29) is 6.54 Å². The van der Waals surface area contributed by atoms with Gasteiger partial charge in [-0.05, 0) is 31.9 Å². The molecule has 9 heteroatoms. The molecule has 2 aromatic rings. The van der Waals surface area contributed by atoms with Crippen molar-refractivity contribution in [2.75, 3.05) is 36.4 Å². The van der Waals surface area contributed by atoms with Gasteiger partial charge in [0.25, 0.3) is 5.91 Å². The molecule has 1 saturated heterocycles. The molecule has 2 heterocycles. The first kappa shape index (κ1) is 19.9. The van der Waals surface area contributed by atoms with Gasteiger partial charge in [0.2, 0.25) is 5.95 Å². The number of hydrogen-bond donors (Lipinski definition) is 2. The molecule has 0 radical (unpaired) electrons. The number of halogens is 3. The van der Waals surface area contributed by atoms with E-state index in [1.54, 1.807) is 0 Å². The molecule has 1 aliphatic heterocycles. The number of anilines is 2. The Balaban J connectivity index is 1.56. The van der Waals surface area contributed by atoms with Crippen LogP contribution in [-0.2, 0) is 6.18 Å². The summed E-state index contributed by atoms with van der Waals surface area (Å²) >= 11 is 0. The van der Waals surface area contributed by atoms with E-state index in [2.05, 4.69) is 25.5 Å². The van der Waals surface area contributed by atoms with Crippen molar-refractivity contribution in [3.63, 3.8) is 0 Å². The summed E-state index contributed by atoms with van der Waals surface area (Å²) in [5.41, 5.74) is -0.515. The van der Waals surface area contributed by atoms with Gasteiger partial charge in [-0.2, -0.15) is 18.2 Å². The first-order chi connectivity index (χ1) is 13.3. The van der Waals surface area contributed by atoms with E-state index in [0.29, 0.717) is 12.5 Å². The molecule has 1 aliphatic rings. The molecular weight excluding hydrogens is 371 g/mol. The van der Waals surface area contributed by atoms with Crippen LogP contribution in [0.2, 0.25) is 0 Å². The van der Waals surface area contributed by atoms with Crippen LogP contribution >= 0.6 is 0 Å². The maximum absolute atomic E-state index is 13.0. The second-order valence-corrected chi connectivity index (χ2v) is 6.61. The van der Waals surface area contributed by atoms with Crippen LogP contribution in [0.1, 0.15) is 34.5 Å². The Hall–Kier alpha value is -2.84. The highest BCUT2D eigenvalue weighted by molar-refractivity contribution is 5.95. The fraction of sp³-hybridized carbons (Fsp3) is 0.421. The smallest absolute Gasteiger partial charge is 0.356 e. The van der Waals surface area contributed by atoms with Gasteiger partial charge in [-0.15, -0.1) is 0 Å². The molecule has 0 unspecified atom stereocenters. The lowest BCUT2D eigenvalue weighted by molar-refractivity contribution is -0.137. The summed E-state index contributed by atoms with van der Waals surface area (Å²) in [4.78, 5) is 23.1. The molecule has 3 rings (SSSR count). The number of carbonyl (C=O) groups excluding carboxylic acids is 1. The van der Waals surface area contributed by atoms with Gasteiger partial charge in [0, 0.05) is 37.9 Å². The predicted molar refractivity (Wildman–Crippen MR) is 100 cm³/mol. The second kappa shape index (κ2) is 8.45. The van der Waals surface area contributed by atoms with Crippen molar-refractivity contribution < 1.29 is 18.0 Å². The molecule has 0 aliphatic carbocycles. The summed E-state index contributed by atoms with van der Waals surface area (Å²) in [5.74, 6) is 0.528. The third kappa shape index (κ3) is 4.90. The number of nitrogens with one attached hydrogen (secondary N) is 2. The molecule has 150 valence electrons. The molecule has 0 atom stereocenters. The van der Waals surface area contributed by atoms with E-state index < -0.39 is 23.2 Å². The molecule has 1 aromatic heterocycles. The number of benzene rings is 1. The highest BCUT2D eigenvalue weighted by atomic mass is 19.4. The zero-order valence-electron chi connectivity index (χ0n) is 15.5. The lowest BCUT2D eigenvalue weighted by Gasteiger charge is -2.17. The maximum atomic E-state index is 13.0. The lowest BCUT2D eigenvalue weighted by atomic mass is 10.1. The Morgan fingerprint density at radius 3 is 2.57 bits per heavy atom. The van der Waals surface area contributed by atoms with Crippen LogP contribution in [0.5, 0.6) is 0 Å². The minimum Gasteiger partial charge on any atom is -0.356 e. The monoisotopic (exact) mass is 393 g/mol. The van der Waals surface area contributed by atoms with Gasteiger partial charge in [-0.25, -0.2) is 4.98 Å². The van der Waals surface area contributed by atoms with Crippen molar-refractivity contribution in [2.45, 2.75) is 25.9 Å². The van der Waals surface area contributed by atoms with Gasteiger partial charge in [0.15, 0.2) is 0 Å². The zero-order chi connectivity index (χ0) is 20.1. The second-order valence-electron chi connectivity index (χ2n) is 6.61. The van der Waals surface area contributed by atoms with Crippen molar-refractivity contribution in [1.29, 1.82) is 0 Å². The molecule has 2 N–H and O–H groups in total. The third-order valence-corrected chi connectivity index (χ3v) is 4.44. The molecule has 28 heavy (non-hydrogen) atoms. The molecule has 0 saturated carbocycles. The van der Waals surface area contributed by atoms with E-state index in [9.17, 15) is 18.0 Å². The van der Waals surface area contributed by atoms with Crippen LogP contribution in [0.4, 0.5) is 24.9 Å². The van der Waals surface area contributed by atoms with Crippen LogP contribution in [0.15, 0.2) is 30.3 Å². The van der Waals surface area contributed by atoms with E-state index >= 15 is 0 Å². The number of carbonyl (C=O) groups is 1. The summed E-state index contributed by atoms with van der Waals surface area (Å²) in [6, 6.07) is 6.65. The minimum absolute atomic E-state index is 0.140. The SMILES string of the molecule is Cc1cc(N2CCCC2)nc(NCCNC(=O)c2ccccc2C(F)(F)F)n1.